The number of rotatable bonds is 5. The highest BCUT2D eigenvalue weighted by molar-refractivity contribution is 9.10. The van der Waals surface area contributed by atoms with Crippen LogP contribution in [0, 0.1) is 0 Å². The topological polar surface area (TPSA) is 95.0 Å². The Morgan fingerprint density at radius 3 is 2.75 bits per heavy atom. The highest BCUT2D eigenvalue weighted by Gasteiger charge is 2.20. The predicted molar refractivity (Wildman–Crippen MR) is 106 cm³/mol. The number of carbonyl (C=O) groups is 1. The molecule has 142 valence electrons. The molecule has 0 radical (unpaired) electrons. The fourth-order valence-electron chi connectivity index (χ4n) is 3.03. The van der Waals surface area contributed by atoms with E-state index in [0.717, 1.165) is 5.56 Å². The first-order valence-electron chi connectivity index (χ1n) is 8.50. The third kappa shape index (κ3) is 3.36. The second-order valence-electron chi connectivity index (χ2n) is 6.22. The van der Waals surface area contributed by atoms with E-state index in [1.807, 2.05) is 30.3 Å². The molecule has 28 heavy (non-hydrogen) atoms. The monoisotopic (exact) mass is 441 g/mol. The smallest absolute Gasteiger partial charge is 0.266 e. The first kappa shape index (κ1) is 18.2. The molecule has 4 aromatic rings. The summed E-state index contributed by atoms with van der Waals surface area (Å²) in [5, 5.41) is 7.40. The van der Waals surface area contributed by atoms with Crippen LogP contribution in [0.4, 0.5) is 0 Å². The lowest BCUT2D eigenvalue weighted by Crippen LogP contribution is -2.35. The summed E-state index contributed by atoms with van der Waals surface area (Å²) in [4.78, 5) is 29.7. The van der Waals surface area contributed by atoms with Crippen molar-refractivity contribution in [3.8, 4) is 0 Å². The number of halogens is 1. The zero-order chi connectivity index (χ0) is 19.7. The summed E-state index contributed by atoms with van der Waals surface area (Å²) in [6, 6.07) is 12.6. The standard InChI is InChI=1S/C19H16BrN5O3/c1-24-18-15(17(20)23-24)19(27)25(11-21-18)10-14(26)22-16(13-8-5-9-28-13)12-6-3-2-4-7-12/h2-9,11,16H,10H2,1H3,(H,22,26)/t16-/m1/s1. The number of aromatic nitrogens is 4. The van der Waals surface area contributed by atoms with Gasteiger partial charge in [0.1, 0.15) is 34.7 Å². The number of nitrogens with zero attached hydrogens (tertiary/aromatic N) is 4. The second-order valence-corrected chi connectivity index (χ2v) is 6.97. The van der Waals surface area contributed by atoms with Gasteiger partial charge in [0.2, 0.25) is 5.91 Å². The van der Waals surface area contributed by atoms with Crippen LogP contribution in [0.15, 0.2) is 68.9 Å². The maximum atomic E-state index is 12.7. The van der Waals surface area contributed by atoms with Gasteiger partial charge in [-0.25, -0.2) is 9.67 Å². The Morgan fingerprint density at radius 2 is 2.04 bits per heavy atom. The summed E-state index contributed by atoms with van der Waals surface area (Å²) < 4.78 is 8.65. The van der Waals surface area contributed by atoms with Gasteiger partial charge in [-0.15, -0.1) is 0 Å². The van der Waals surface area contributed by atoms with E-state index in [1.54, 1.807) is 25.4 Å². The minimum atomic E-state index is -0.457. The van der Waals surface area contributed by atoms with E-state index in [4.69, 9.17) is 4.42 Å². The fourth-order valence-corrected chi connectivity index (χ4v) is 3.61. The third-order valence-electron chi connectivity index (χ3n) is 4.35. The number of aryl methyl sites for hydroxylation is 1. The van der Waals surface area contributed by atoms with Crippen LogP contribution >= 0.6 is 15.9 Å². The highest BCUT2D eigenvalue weighted by Crippen LogP contribution is 2.22. The molecule has 0 bridgehead atoms. The molecule has 1 atom stereocenters. The van der Waals surface area contributed by atoms with Crippen LogP contribution in [0.25, 0.3) is 11.0 Å². The summed E-state index contributed by atoms with van der Waals surface area (Å²) in [6.45, 7) is -0.173. The normalized spacial score (nSPS) is 12.2. The van der Waals surface area contributed by atoms with E-state index < -0.39 is 6.04 Å². The molecule has 0 fully saturated rings. The predicted octanol–water partition coefficient (Wildman–Crippen LogP) is 2.39. The number of furan rings is 1. The Morgan fingerprint density at radius 1 is 1.25 bits per heavy atom. The average Bonchev–Trinajstić information content (AvgIpc) is 3.31. The molecule has 0 spiro atoms. The van der Waals surface area contributed by atoms with Crippen LogP contribution in [0.3, 0.4) is 0 Å². The maximum absolute atomic E-state index is 12.7. The summed E-state index contributed by atoms with van der Waals surface area (Å²) >= 11 is 3.27. The molecule has 0 saturated carbocycles. The van der Waals surface area contributed by atoms with Gasteiger partial charge in [-0.2, -0.15) is 5.10 Å². The van der Waals surface area contributed by atoms with E-state index in [0.29, 0.717) is 21.4 Å². The number of hydrogen-bond donors (Lipinski definition) is 1. The van der Waals surface area contributed by atoms with Crippen LogP contribution in [0.1, 0.15) is 17.4 Å². The molecule has 3 aromatic heterocycles. The van der Waals surface area contributed by atoms with E-state index in [9.17, 15) is 9.59 Å². The number of hydrogen-bond acceptors (Lipinski definition) is 5. The summed E-state index contributed by atoms with van der Waals surface area (Å²) in [5.74, 6) is 0.268. The molecular formula is C19H16BrN5O3. The van der Waals surface area contributed by atoms with Crippen LogP contribution in [-0.2, 0) is 18.4 Å². The van der Waals surface area contributed by atoms with Crippen LogP contribution < -0.4 is 10.9 Å². The molecule has 1 N–H and O–H groups in total. The van der Waals surface area contributed by atoms with Gasteiger partial charge in [-0.3, -0.25) is 14.2 Å². The number of fused-ring (bicyclic) bond motifs is 1. The van der Waals surface area contributed by atoms with Gasteiger partial charge in [0, 0.05) is 7.05 Å². The van der Waals surface area contributed by atoms with Crippen molar-refractivity contribution in [2.24, 2.45) is 7.05 Å². The maximum Gasteiger partial charge on any atom is 0.266 e. The van der Waals surface area contributed by atoms with Gasteiger partial charge < -0.3 is 9.73 Å². The molecule has 1 amide bonds. The lowest BCUT2D eigenvalue weighted by Gasteiger charge is -2.17. The minimum absolute atomic E-state index is 0.173. The number of benzene rings is 1. The molecule has 1 aromatic carbocycles. The van der Waals surface area contributed by atoms with E-state index in [2.05, 4.69) is 31.3 Å². The molecule has 4 rings (SSSR count). The molecule has 0 aliphatic heterocycles. The molecule has 9 heteroatoms. The Hall–Kier alpha value is -3.20. The Bertz CT molecular complexity index is 1180. The van der Waals surface area contributed by atoms with Crippen LogP contribution in [0.2, 0.25) is 0 Å². The van der Waals surface area contributed by atoms with Gasteiger partial charge in [0.05, 0.1) is 6.26 Å². The molecule has 0 aliphatic carbocycles. The Kier molecular flexibility index (Phi) is 4.82. The quantitative estimate of drug-likeness (QED) is 0.512. The van der Waals surface area contributed by atoms with Crippen LogP contribution in [0.5, 0.6) is 0 Å². The average molecular weight is 442 g/mol. The lowest BCUT2D eigenvalue weighted by atomic mass is 10.0. The lowest BCUT2D eigenvalue weighted by molar-refractivity contribution is -0.122. The first-order valence-corrected chi connectivity index (χ1v) is 9.29. The van der Waals surface area contributed by atoms with Gasteiger partial charge in [0.15, 0.2) is 5.65 Å². The van der Waals surface area contributed by atoms with Crippen molar-refractivity contribution in [3.05, 3.63) is 81.3 Å². The van der Waals surface area contributed by atoms with Gasteiger partial charge in [-0.05, 0) is 33.6 Å². The van der Waals surface area contributed by atoms with Crippen molar-refractivity contribution in [3.63, 3.8) is 0 Å². The fraction of sp³-hybridized carbons (Fsp3) is 0.158. The molecule has 3 heterocycles. The minimum Gasteiger partial charge on any atom is -0.467 e. The van der Waals surface area contributed by atoms with Gasteiger partial charge >= 0.3 is 0 Å². The molecule has 0 saturated heterocycles. The van der Waals surface area contributed by atoms with Crippen molar-refractivity contribution in [1.29, 1.82) is 0 Å². The van der Waals surface area contributed by atoms with Crippen molar-refractivity contribution in [1.82, 2.24) is 24.6 Å². The van der Waals surface area contributed by atoms with Gasteiger partial charge in [-0.1, -0.05) is 30.3 Å². The van der Waals surface area contributed by atoms with E-state index in [1.165, 1.54) is 15.6 Å². The van der Waals surface area contributed by atoms with Crippen molar-refractivity contribution >= 4 is 32.9 Å². The Balaban J connectivity index is 1.61. The third-order valence-corrected chi connectivity index (χ3v) is 4.90. The Labute approximate surface area is 167 Å². The summed E-state index contributed by atoms with van der Waals surface area (Å²) in [5.41, 5.74) is 0.988. The molecule has 0 aliphatic rings. The number of nitrogens with one attached hydrogen (secondary N) is 1. The van der Waals surface area contributed by atoms with Crippen molar-refractivity contribution in [2.75, 3.05) is 0 Å². The van der Waals surface area contributed by atoms with Gasteiger partial charge in [0.25, 0.3) is 5.56 Å². The number of amides is 1. The van der Waals surface area contributed by atoms with Crippen LogP contribution in [-0.4, -0.2) is 25.2 Å². The van der Waals surface area contributed by atoms with E-state index in [-0.39, 0.29) is 18.0 Å². The second kappa shape index (κ2) is 7.43. The van der Waals surface area contributed by atoms with Crippen molar-refractivity contribution < 1.29 is 9.21 Å². The summed E-state index contributed by atoms with van der Waals surface area (Å²) in [6.07, 6.45) is 2.91. The zero-order valence-electron chi connectivity index (χ0n) is 14.9. The zero-order valence-corrected chi connectivity index (χ0v) is 16.5. The number of carbonyl (C=O) groups excluding carboxylic acids is 1. The van der Waals surface area contributed by atoms with E-state index >= 15 is 0 Å². The summed E-state index contributed by atoms with van der Waals surface area (Å²) in [7, 11) is 1.70. The SMILES string of the molecule is Cn1nc(Br)c2c(=O)n(CC(=O)N[C@H](c3ccccc3)c3ccco3)cnc21. The molecule has 8 nitrogen and oxygen atoms in total. The molecular weight excluding hydrogens is 426 g/mol. The van der Waals surface area contributed by atoms with Crippen molar-refractivity contribution in [2.45, 2.75) is 12.6 Å². The first-order chi connectivity index (χ1) is 13.5. The largest absolute Gasteiger partial charge is 0.467 e. The molecule has 0 unspecified atom stereocenters. The highest BCUT2D eigenvalue weighted by atomic mass is 79.9.